The molecule has 28 heteroatoms. The summed E-state index contributed by atoms with van der Waals surface area (Å²) in [5, 5.41) is 55.3. The molecule has 8 atom stereocenters. The highest BCUT2D eigenvalue weighted by atomic mass is 33.1. The van der Waals surface area contributed by atoms with Crippen LogP contribution in [0.4, 0.5) is 22.8 Å². The summed E-state index contributed by atoms with van der Waals surface area (Å²) in [6.07, 6.45) is -5.67. The van der Waals surface area contributed by atoms with E-state index in [0.29, 0.717) is 33.2 Å². The third-order valence-corrected chi connectivity index (χ3v) is 15.9. The van der Waals surface area contributed by atoms with Gasteiger partial charge in [-0.15, -0.1) is 0 Å². The van der Waals surface area contributed by atoms with Crippen LogP contribution >= 0.6 is 21.6 Å². The van der Waals surface area contributed by atoms with Gasteiger partial charge in [0, 0.05) is 61.0 Å². The van der Waals surface area contributed by atoms with Gasteiger partial charge in [0.2, 0.25) is 35.4 Å². The summed E-state index contributed by atoms with van der Waals surface area (Å²) in [4.78, 5) is 129. The fourth-order valence-corrected chi connectivity index (χ4v) is 11.2. The van der Waals surface area contributed by atoms with E-state index in [9.17, 15) is 66.8 Å². The SMILES string of the molecule is C[C@@H](O)[C@@H]1NC(=O)[C@H](CCCCNC(=O)OC(C)(C)C)NC(=O)[C@@H](Cc2c[nH]c3ccccc23)NC(=O)[C@H](Cc2ccc(O)cc2)NC(=O)[C@@H](NC(=O)[C@@H](Cc2ccccc2)NC(=O)NCc2ccc(C(F)(F)F)cc2)CSSC[C@@H](C(=O)O)NC1=O. The maximum atomic E-state index is 15.0. The number of hydrogen-bond donors (Lipinski definition) is 13. The van der Waals surface area contributed by atoms with Gasteiger partial charge in [-0.3, -0.25) is 28.8 Å². The maximum Gasteiger partial charge on any atom is 0.416 e. The average Bonchev–Trinajstić information content (AvgIpc) is 3.79. The van der Waals surface area contributed by atoms with Gasteiger partial charge < -0.3 is 72.9 Å². The summed E-state index contributed by atoms with van der Waals surface area (Å²) >= 11 is 0. The molecule has 1 aliphatic rings. The number of urea groups is 1. The molecule has 1 aromatic heterocycles. The number of phenols is 1. The number of carbonyl (C=O) groups excluding carboxylic acids is 8. The number of phenolic OH excluding ortho intramolecular Hbond substituents is 1. The van der Waals surface area contributed by atoms with Gasteiger partial charge in [0.15, 0.2) is 0 Å². The van der Waals surface area contributed by atoms with Crippen molar-refractivity contribution in [3.05, 3.63) is 137 Å². The number of aliphatic hydroxyl groups excluding tert-OH is 1. The van der Waals surface area contributed by atoms with Crippen LogP contribution in [0.15, 0.2) is 109 Å². The monoisotopic (exact) mass is 1250 g/mol. The zero-order valence-electron chi connectivity index (χ0n) is 48.0. The number of para-hydroxylation sites is 1. The number of carbonyl (C=O) groups is 9. The molecular weight excluding hydrogens is 1180 g/mol. The first-order valence-corrected chi connectivity index (χ1v) is 30.2. The zero-order chi connectivity index (χ0) is 63.4. The van der Waals surface area contributed by atoms with E-state index in [1.54, 1.807) is 81.6 Å². The van der Waals surface area contributed by atoms with Crippen molar-refractivity contribution in [1.82, 2.24) is 52.8 Å². The number of alkyl halides is 3. The molecule has 9 amide bonds. The Hall–Kier alpha value is -8.50. The lowest BCUT2D eigenvalue weighted by Gasteiger charge is -2.29. The number of hydrogen-bond acceptors (Lipinski definition) is 14. The van der Waals surface area contributed by atoms with E-state index >= 15 is 4.79 Å². The Labute approximate surface area is 507 Å². The normalized spacial score (nSPS) is 20.2. The standard InChI is InChI=1S/C59H71F3N10O13S2/c1-33(73)48-54(80)70-47(55(81)82)32-87-86-31-46(69-51(77)44(26-34-12-6-5-7-13-34)71-56(83)65-29-36-17-21-38(22-18-36)59(60,61)62)53(79)67-43(27-35-19-23-39(74)24-20-35)50(76)68-45(28-37-30-64-41-15-9-8-14-40(37)41)52(78)66-42(49(75)72-48)16-10-11-25-63-57(84)85-58(2,3)4/h5-9,12-15,17-24,30,33,42-48,64,73-74H,10-11,16,25-29,31-32H2,1-4H3,(H,63,84)(H,66,78)(H,67,79)(H,68,76)(H,69,77)(H,70,80)(H,72,75)(H,81,82)(H2,65,71,83)/t33-,42+,43+,44-,45-,46+,47+,48+/m1/s1. The molecule has 0 aliphatic carbocycles. The highest BCUT2D eigenvalue weighted by Crippen LogP contribution is 2.29. The number of halogens is 3. The molecule has 6 rings (SSSR count). The molecule has 23 nitrogen and oxygen atoms in total. The number of carboxylic acids is 1. The fourth-order valence-electron chi connectivity index (χ4n) is 8.92. The lowest BCUT2D eigenvalue weighted by Crippen LogP contribution is -2.62. The van der Waals surface area contributed by atoms with Crippen LogP contribution < -0.4 is 47.9 Å². The molecule has 0 saturated carbocycles. The number of rotatable bonds is 18. The number of nitrogens with one attached hydrogen (secondary N) is 10. The zero-order valence-corrected chi connectivity index (χ0v) is 49.6. The molecule has 0 radical (unpaired) electrons. The highest BCUT2D eigenvalue weighted by Gasteiger charge is 2.37. The minimum atomic E-state index is -4.60. The first-order chi connectivity index (χ1) is 41.2. The summed E-state index contributed by atoms with van der Waals surface area (Å²) in [6.45, 7) is 6.07. The van der Waals surface area contributed by atoms with E-state index in [4.69, 9.17) is 4.74 Å². The number of aromatic nitrogens is 1. The molecule has 0 unspecified atom stereocenters. The second-order valence-corrected chi connectivity index (χ2v) is 24.1. The van der Waals surface area contributed by atoms with Gasteiger partial charge in [-0.1, -0.05) is 94.4 Å². The number of alkyl carbamates (subject to hydrolysis) is 1. The predicted octanol–water partition coefficient (Wildman–Crippen LogP) is 4.25. The second-order valence-electron chi connectivity index (χ2n) is 21.6. The number of aromatic amines is 1. The largest absolute Gasteiger partial charge is 0.508 e. The maximum absolute atomic E-state index is 15.0. The molecular formula is C59H71F3N10O13S2. The molecule has 1 saturated heterocycles. The quantitative estimate of drug-likeness (QED) is 0.0431. The van der Waals surface area contributed by atoms with Gasteiger partial charge in [0.1, 0.15) is 53.6 Å². The van der Waals surface area contributed by atoms with Crippen molar-refractivity contribution in [1.29, 1.82) is 0 Å². The van der Waals surface area contributed by atoms with Crippen molar-refractivity contribution in [2.75, 3.05) is 18.1 Å². The predicted molar refractivity (Wildman–Crippen MR) is 318 cm³/mol. The minimum Gasteiger partial charge on any atom is -0.508 e. The molecule has 2 heterocycles. The van der Waals surface area contributed by atoms with Crippen LogP contribution in [0.2, 0.25) is 0 Å². The molecule has 13 N–H and O–H groups in total. The van der Waals surface area contributed by atoms with Crippen LogP contribution in [0.5, 0.6) is 5.75 Å². The van der Waals surface area contributed by atoms with Crippen LogP contribution in [0.3, 0.4) is 0 Å². The molecule has 468 valence electrons. The van der Waals surface area contributed by atoms with E-state index in [1.807, 2.05) is 0 Å². The van der Waals surface area contributed by atoms with Crippen molar-refractivity contribution in [2.24, 2.45) is 0 Å². The van der Waals surface area contributed by atoms with E-state index in [2.05, 4.69) is 52.8 Å². The number of H-pyrrole nitrogens is 1. The average molecular weight is 1250 g/mol. The number of amides is 9. The number of aliphatic hydroxyl groups is 1. The number of aliphatic carboxylic acids is 1. The second kappa shape index (κ2) is 31.8. The van der Waals surface area contributed by atoms with Gasteiger partial charge in [0.05, 0.1) is 11.7 Å². The first kappa shape index (κ1) is 67.6. The molecule has 0 bridgehead atoms. The van der Waals surface area contributed by atoms with Crippen LogP contribution in [0.1, 0.15) is 74.8 Å². The molecule has 4 aromatic carbocycles. The van der Waals surface area contributed by atoms with E-state index < -0.39 is 125 Å². The number of aromatic hydroxyl groups is 1. The molecule has 87 heavy (non-hydrogen) atoms. The molecule has 1 fully saturated rings. The summed E-state index contributed by atoms with van der Waals surface area (Å²) in [6, 6.07) is 13.2. The Bertz CT molecular complexity index is 3190. The first-order valence-electron chi connectivity index (χ1n) is 27.7. The van der Waals surface area contributed by atoms with E-state index in [0.717, 1.165) is 33.7 Å². The topological polar surface area (TPSA) is 348 Å². The third kappa shape index (κ3) is 21.8. The van der Waals surface area contributed by atoms with Crippen LogP contribution in [-0.4, -0.2) is 146 Å². The van der Waals surface area contributed by atoms with Crippen LogP contribution in [0, 0.1) is 0 Å². The van der Waals surface area contributed by atoms with E-state index in [-0.39, 0.29) is 63.1 Å². The third-order valence-electron chi connectivity index (χ3n) is 13.5. The minimum absolute atomic E-state index is 0.0835. The van der Waals surface area contributed by atoms with Gasteiger partial charge >= 0.3 is 24.3 Å². The number of benzene rings is 4. The van der Waals surface area contributed by atoms with Crippen LogP contribution in [-0.2, 0) is 70.3 Å². The van der Waals surface area contributed by atoms with Gasteiger partial charge in [-0.05, 0) is 99.5 Å². The molecule has 0 spiro atoms. The van der Waals surface area contributed by atoms with Crippen molar-refractivity contribution in [2.45, 2.75) is 133 Å². The molecule has 1 aliphatic heterocycles. The Kier molecular flexibility index (Phi) is 24.7. The number of carboxylic acid groups (broad SMARTS) is 1. The smallest absolute Gasteiger partial charge is 0.416 e. The summed E-state index contributed by atoms with van der Waals surface area (Å²) < 4.78 is 45.1. The Morgan fingerprint density at radius 3 is 1.95 bits per heavy atom. The fraction of sp³-hybridized carbons (Fsp3) is 0.407. The summed E-state index contributed by atoms with van der Waals surface area (Å²) in [7, 11) is 1.72. The Balaban J connectivity index is 1.36. The Morgan fingerprint density at radius 1 is 0.690 bits per heavy atom. The summed E-state index contributed by atoms with van der Waals surface area (Å²) in [5.74, 6) is -8.25. The van der Waals surface area contributed by atoms with Crippen LogP contribution in [0.25, 0.3) is 10.9 Å². The van der Waals surface area contributed by atoms with Crippen molar-refractivity contribution in [3.63, 3.8) is 0 Å². The van der Waals surface area contributed by atoms with Crippen molar-refractivity contribution in [3.8, 4) is 5.75 Å². The van der Waals surface area contributed by atoms with Crippen molar-refractivity contribution < 1.29 is 76.4 Å². The van der Waals surface area contributed by atoms with Gasteiger partial charge in [0.25, 0.3) is 0 Å². The van der Waals surface area contributed by atoms with Gasteiger partial charge in [-0.2, -0.15) is 13.2 Å². The molecule has 5 aromatic rings. The van der Waals surface area contributed by atoms with E-state index in [1.165, 1.54) is 43.3 Å². The lowest BCUT2D eigenvalue weighted by molar-refractivity contribution is -0.142. The number of unbranched alkanes of at least 4 members (excludes halogenated alkanes) is 1. The number of fused-ring (bicyclic) bond motifs is 1. The number of ether oxygens (including phenoxy) is 1. The summed E-state index contributed by atoms with van der Waals surface area (Å²) in [5.41, 5.74) is 0.792. The van der Waals surface area contributed by atoms with Gasteiger partial charge in [-0.25, -0.2) is 14.4 Å². The van der Waals surface area contributed by atoms with Crippen molar-refractivity contribution >= 4 is 86.0 Å². The lowest BCUT2D eigenvalue weighted by atomic mass is 10.0. The Morgan fingerprint density at radius 2 is 1.30 bits per heavy atom. The highest BCUT2D eigenvalue weighted by molar-refractivity contribution is 8.76.